The molecule has 1 aliphatic rings. The van der Waals surface area contributed by atoms with Crippen molar-refractivity contribution in [3.63, 3.8) is 0 Å². The average molecular weight is 422 g/mol. The van der Waals surface area contributed by atoms with E-state index in [4.69, 9.17) is 11.6 Å². The summed E-state index contributed by atoms with van der Waals surface area (Å²) >= 11 is 6.84. The van der Waals surface area contributed by atoms with E-state index in [0.29, 0.717) is 15.6 Å². The molecule has 1 fully saturated rings. The highest BCUT2D eigenvalue weighted by Crippen LogP contribution is 2.35. The first-order chi connectivity index (χ1) is 12.8. The molecule has 0 spiro atoms. The number of carbonyl (C=O) groups excluding carboxylic acids is 1. The molecular weight excluding hydrogens is 406 g/mol. The highest BCUT2D eigenvalue weighted by molar-refractivity contribution is 8.19. The van der Waals surface area contributed by atoms with E-state index in [9.17, 15) is 13.2 Å². The van der Waals surface area contributed by atoms with Crippen LogP contribution < -0.4 is 4.90 Å². The number of para-hydroxylation sites is 1. The van der Waals surface area contributed by atoms with Gasteiger partial charge in [-0.15, -0.1) is 4.40 Å². The third-order valence-corrected chi connectivity index (χ3v) is 6.11. The van der Waals surface area contributed by atoms with Crippen LogP contribution in [0.5, 0.6) is 0 Å². The van der Waals surface area contributed by atoms with Crippen molar-refractivity contribution in [2.75, 3.05) is 19.0 Å². The molecule has 0 aliphatic carbocycles. The Balaban J connectivity index is 2.08. The largest absolute Gasteiger partial charge is 0.382 e. The zero-order valence-electron chi connectivity index (χ0n) is 14.5. The molecule has 1 aliphatic heterocycles. The summed E-state index contributed by atoms with van der Waals surface area (Å²) in [5.74, 6) is -0.329. The molecule has 0 N–H and O–H groups in total. The number of anilines is 1. The Morgan fingerprint density at radius 3 is 2.30 bits per heavy atom. The van der Waals surface area contributed by atoms with Crippen molar-refractivity contribution in [3.8, 4) is 0 Å². The summed E-state index contributed by atoms with van der Waals surface area (Å²) in [5.41, 5.74) is 0.544. The fourth-order valence-electron chi connectivity index (χ4n) is 2.33. The topological polar surface area (TPSA) is 70.1 Å². The van der Waals surface area contributed by atoms with Crippen LogP contribution in [0.1, 0.15) is 0 Å². The normalized spacial score (nSPS) is 17.7. The van der Waals surface area contributed by atoms with Gasteiger partial charge in [-0.3, -0.25) is 9.69 Å². The number of rotatable bonds is 4. The zero-order valence-corrected chi connectivity index (χ0v) is 16.9. The fourth-order valence-corrected chi connectivity index (χ4v) is 4.69. The summed E-state index contributed by atoms with van der Waals surface area (Å²) in [5, 5.41) is 0.503. The van der Waals surface area contributed by atoms with Gasteiger partial charge in [0.1, 0.15) is 0 Å². The Hall–Kier alpha value is -2.29. The summed E-state index contributed by atoms with van der Waals surface area (Å²) in [7, 11) is -0.433. The number of hydrogen-bond donors (Lipinski definition) is 0. The second-order valence-corrected chi connectivity index (χ2v) is 8.89. The number of thioether (sulfide) groups is 1. The van der Waals surface area contributed by atoms with Crippen molar-refractivity contribution < 1.29 is 13.2 Å². The first-order valence-electron chi connectivity index (χ1n) is 7.84. The van der Waals surface area contributed by atoms with Crippen LogP contribution in [-0.2, 0) is 14.8 Å². The van der Waals surface area contributed by atoms with Crippen LogP contribution in [0.4, 0.5) is 5.69 Å². The first kappa shape index (κ1) is 19.5. The van der Waals surface area contributed by atoms with Crippen LogP contribution in [0, 0.1) is 0 Å². The number of nitrogens with zero attached hydrogens (tertiary/aromatic N) is 3. The molecule has 1 saturated heterocycles. The van der Waals surface area contributed by atoms with Gasteiger partial charge < -0.3 is 4.90 Å². The van der Waals surface area contributed by atoms with Gasteiger partial charge in [0.05, 0.1) is 15.5 Å². The molecule has 1 amide bonds. The van der Waals surface area contributed by atoms with Crippen molar-refractivity contribution in [1.29, 1.82) is 0 Å². The predicted octanol–water partition coefficient (Wildman–Crippen LogP) is 3.57. The molecule has 2 aromatic rings. The van der Waals surface area contributed by atoms with E-state index >= 15 is 0 Å². The second kappa shape index (κ2) is 7.75. The maximum absolute atomic E-state index is 12.8. The molecule has 0 saturated carbocycles. The molecule has 9 heteroatoms. The fraction of sp³-hybridized carbons (Fsp3) is 0.111. The van der Waals surface area contributed by atoms with E-state index in [1.807, 2.05) is 6.07 Å². The molecule has 0 bridgehead atoms. The van der Waals surface area contributed by atoms with Crippen LogP contribution in [0.25, 0.3) is 0 Å². The molecule has 0 unspecified atom stereocenters. The van der Waals surface area contributed by atoms with E-state index in [1.165, 1.54) is 29.2 Å². The lowest BCUT2D eigenvalue weighted by Crippen LogP contribution is -2.29. The highest BCUT2D eigenvalue weighted by Gasteiger charge is 2.36. The summed E-state index contributed by atoms with van der Waals surface area (Å²) in [4.78, 5) is 16.2. The van der Waals surface area contributed by atoms with Crippen LogP contribution in [0.15, 0.2) is 75.0 Å². The lowest BCUT2D eigenvalue weighted by molar-refractivity contribution is -0.113. The quantitative estimate of drug-likeness (QED) is 0.706. The molecule has 27 heavy (non-hydrogen) atoms. The molecule has 2 aromatic carbocycles. The molecule has 3 rings (SSSR count). The standard InChI is InChI=1S/C18H16ClN3O3S2/c1-21(2)12-16-17(23)22(14-6-4-3-5-7-14)18(26-16)20-27(24,25)15-10-8-13(19)9-11-15/h3-12H,1-2H3/b16-12+,20-18+. The number of hydrogen-bond acceptors (Lipinski definition) is 5. The van der Waals surface area contributed by atoms with Gasteiger partial charge in [-0.05, 0) is 48.2 Å². The van der Waals surface area contributed by atoms with Crippen LogP contribution >= 0.6 is 23.4 Å². The minimum absolute atomic E-state index is 0.00509. The van der Waals surface area contributed by atoms with E-state index in [0.717, 1.165) is 11.8 Å². The number of sulfonamides is 1. The Kier molecular flexibility index (Phi) is 5.59. The lowest BCUT2D eigenvalue weighted by Gasteiger charge is -2.15. The summed E-state index contributed by atoms with van der Waals surface area (Å²) in [6, 6.07) is 14.5. The van der Waals surface area contributed by atoms with E-state index in [1.54, 1.807) is 49.5 Å². The minimum atomic E-state index is -4.00. The molecule has 140 valence electrons. The number of amidine groups is 1. The Morgan fingerprint density at radius 2 is 1.70 bits per heavy atom. The van der Waals surface area contributed by atoms with Gasteiger partial charge in [-0.25, -0.2) is 0 Å². The maximum Gasteiger partial charge on any atom is 0.284 e. The van der Waals surface area contributed by atoms with Crippen LogP contribution in [0.2, 0.25) is 5.02 Å². The van der Waals surface area contributed by atoms with E-state index < -0.39 is 10.0 Å². The van der Waals surface area contributed by atoms with Crippen molar-refractivity contribution in [2.45, 2.75) is 4.90 Å². The maximum atomic E-state index is 12.8. The molecule has 0 atom stereocenters. The first-order valence-corrected chi connectivity index (χ1v) is 10.5. The summed E-state index contributed by atoms with van der Waals surface area (Å²) in [6.45, 7) is 0. The van der Waals surface area contributed by atoms with E-state index in [-0.39, 0.29) is 16.0 Å². The van der Waals surface area contributed by atoms with Gasteiger partial charge in [0.15, 0.2) is 5.17 Å². The number of benzene rings is 2. The second-order valence-electron chi connectivity index (χ2n) is 5.84. The molecule has 0 radical (unpaired) electrons. The van der Waals surface area contributed by atoms with Gasteiger partial charge in [0, 0.05) is 25.3 Å². The molecule has 0 aromatic heterocycles. The van der Waals surface area contributed by atoms with Crippen molar-refractivity contribution in [3.05, 3.63) is 70.7 Å². The van der Waals surface area contributed by atoms with Gasteiger partial charge in [-0.1, -0.05) is 29.8 Å². The van der Waals surface area contributed by atoms with Gasteiger partial charge in [0.2, 0.25) is 0 Å². The molecular formula is C18H16ClN3O3S2. The Bertz CT molecular complexity index is 1020. The van der Waals surface area contributed by atoms with Gasteiger partial charge in [0.25, 0.3) is 15.9 Å². The van der Waals surface area contributed by atoms with Crippen molar-refractivity contribution in [1.82, 2.24) is 4.90 Å². The van der Waals surface area contributed by atoms with Crippen molar-refractivity contribution in [2.24, 2.45) is 4.40 Å². The minimum Gasteiger partial charge on any atom is -0.382 e. The Labute approximate surface area is 167 Å². The average Bonchev–Trinajstić information content (AvgIpc) is 2.90. The summed E-state index contributed by atoms with van der Waals surface area (Å²) < 4.78 is 29.3. The third-order valence-electron chi connectivity index (χ3n) is 3.51. The molecule has 1 heterocycles. The highest BCUT2D eigenvalue weighted by atomic mass is 35.5. The van der Waals surface area contributed by atoms with Crippen LogP contribution in [0.3, 0.4) is 0 Å². The van der Waals surface area contributed by atoms with Crippen molar-refractivity contribution >= 4 is 50.1 Å². The van der Waals surface area contributed by atoms with Gasteiger partial charge in [-0.2, -0.15) is 8.42 Å². The Morgan fingerprint density at radius 1 is 1.07 bits per heavy atom. The van der Waals surface area contributed by atoms with Gasteiger partial charge >= 0.3 is 0 Å². The smallest absolute Gasteiger partial charge is 0.284 e. The lowest BCUT2D eigenvalue weighted by atomic mass is 10.3. The zero-order chi connectivity index (χ0) is 19.6. The predicted molar refractivity (Wildman–Crippen MR) is 109 cm³/mol. The number of carbonyl (C=O) groups is 1. The summed E-state index contributed by atoms with van der Waals surface area (Å²) in [6.07, 6.45) is 1.64. The van der Waals surface area contributed by atoms with E-state index in [2.05, 4.69) is 4.40 Å². The van der Waals surface area contributed by atoms with Crippen LogP contribution in [-0.4, -0.2) is 38.5 Å². The molecule has 6 nitrogen and oxygen atoms in total. The SMILES string of the molecule is CN(C)/C=C1/S/C(=N/S(=O)(=O)c2ccc(Cl)cc2)N(c2ccccc2)C1=O. The number of halogens is 1. The third kappa shape index (κ3) is 4.35. The number of amides is 1. The monoisotopic (exact) mass is 421 g/mol.